The molecule has 2 amide bonds. The highest BCUT2D eigenvalue weighted by atomic mass is 19.1. The third kappa shape index (κ3) is 4.28. The molecule has 0 spiro atoms. The number of amides is 2. The first kappa shape index (κ1) is 16.9. The standard InChI is InChI=1S/C16H19FN2O4/c1-9(16(22)23)8-19(12-4-5-12)15(21)11-3-6-13(17)14(7-11)18-10(2)20/h3,6-7,9,12H,4-5,8H2,1-2H3,(H,18,20)(H,22,23). The Morgan fingerprint density at radius 3 is 2.57 bits per heavy atom. The van der Waals surface area contributed by atoms with Crippen molar-refractivity contribution >= 4 is 23.5 Å². The molecule has 0 heterocycles. The maximum absolute atomic E-state index is 13.7. The minimum atomic E-state index is -0.971. The van der Waals surface area contributed by atoms with Gasteiger partial charge in [-0.15, -0.1) is 0 Å². The van der Waals surface area contributed by atoms with E-state index in [4.69, 9.17) is 5.11 Å². The van der Waals surface area contributed by atoms with E-state index in [1.165, 1.54) is 24.0 Å². The summed E-state index contributed by atoms with van der Waals surface area (Å²) in [6.07, 6.45) is 1.66. The first-order valence-electron chi connectivity index (χ1n) is 7.40. The van der Waals surface area contributed by atoms with E-state index >= 15 is 0 Å². The molecule has 1 fully saturated rings. The molecule has 0 bridgehead atoms. The van der Waals surface area contributed by atoms with E-state index in [9.17, 15) is 18.8 Å². The first-order chi connectivity index (χ1) is 10.8. The molecule has 23 heavy (non-hydrogen) atoms. The molecule has 1 saturated carbocycles. The van der Waals surface area contributed by atoms with Gasteiger partial charge >= 0.3 is 5.97 Å². The smallest absolute Gasteiger partial charge is 0.308 e. The molecule has 1 aliphatic carbocycles. The zero-order valence-corrected chi connectivity index (χ0v) is 13.0. The Labute approximate surface area is 133 Å². The van der Waals surface area contributed by atoms with Gasteiger partial charge in [-0.05, 0) is 31.0 Å². The van der Waals surface area contributed by atoms with Crippen molar-refractivity contribution in [2.45, 2.75) is 32.7 Å². The number of carboxylic acids is 1. The second-order valence-electron chi connectivity index (χ2n) is 5.80. The van der Waals surface area contributed by atoms with E-state index in [1.54, 1.807) is 6.92 Å². The van der Waals surface area contributed by atoms with Gasteiger partial charge in [-0.2, -0.15) is 0 Å². The van der Waals surface area contributed by atoms with Crippen molar-refractivity contribution < 1.29 is 23.9 Å². The lowest BCUT2D eigenvalue weighted by atomic mass is 10.1. The molecule has 6 nitrogen and oxygen atoms in total. The van der Waals surface area contributed by atoms with Crippen molar-refractivity contribution in [2.24, 2.45) is 5.92 Å². The van der Waals surface area contributed by atoms with Gasteiger partial charge in [0.15, 0.2) is 0 Å². The maximum atomic E-state index is 13.7. The van der Waals surface area contributed by atoms with Gasteiger partial charge in [0.05, 0.1) is 11.6 Å². The number of aliphatic carboxylic acids is 1. The van der Waals surface area contributed by atoms with Crippen LogP contribution in [0.5, 0.6) is 0 Å². The Kier molecular flexibility index (Phi) is 4.98. The fourth-order valence-corrected chi connectivity index (χ4v) is 2.27. The van der Waals surface area contributed by atoms with Crippen molar-refractivity contribution in [1.29, 1.82) is 0 Å². The highest BCUT2D eigenvalue weighted by molar-refractivity contribution is 5.97. The number of carbonyl (C=O) groups is 3. The summed E-state index contributed by atoms with van der Waals surface area (Å²) in [4.78, 5) is 36.3. The van der Waals surface area contributed by atoms with Crippen LogP contribution in [0.2, 0.25) is 0 Å². The predicted octanol–water partition coefficient (Wildman–Crippen LogP) is 2.11. The SMILES string of the molecule is CC(=O)Nc1cc(C(=O)N(CC(C)C(=O)O)C2CC2)ccc1F. The molecule has 2 rings (SSSR count). The molecule has 124 valence electrons. The summed E-state index contributed by atoms with van der Waals surface area (Å²) in [5.74, 6) is -3.08. The predicted molar refractivity (Wildman–Crippen MR) is 81.6 cm³/mol. The van der Waals surface area contributed by atoms with Crippen molar-refractivity contribution in [3.63, 3.8) is 0 Å². The number of benzene rings is 1. The van der Waals surface area contributed by atoms with Crippen molar-refractivity contribution in [3.8, 4) is 0 Å². The molecule has 0 aromatic heterocycles. The molecule has 1 aromatic rings. The van der Waals surface area contributed by atoms with Crippen LogP contribution in [0.25, 0.3) is 0 Å². The molecule has 0 aliphatic heterocycles. The fourth-order valence-electron chi connectivity index (χ4n) is 2.27. The maximum Gasteiger partial charge on any atom is 0.308 e. The van der Waals surface area contributed by atoms with E-state index in [2.05, 4.69) is 5.32 Å². The number of carbonyl (C=O) groups excluding carboxylic acids is 2. The van der Waals surface area contributed by atoms with Gasteiger partial charge in [-0.1, -0.05) is 6.92 Å². The largest absolute Gasteiger partial charge is 0.481 e. The van der Waals surface area contributed by atoms with E-state index in [-0.39, 0.29) is 29.7 Å². The van der Waals surface area contributed by atoms with Crippen LogP contribution in [-0.2, 0) is 9.59 Å². The molecular weight excluding hydrogens is 303 g/mol. The molecule has 2 N–H and O–H groups in total. The highest BCUT2D eigenvalue weighted by Gasteiger charge is 2.35. The van der Waals surface area contributed by atoms with Gasteiger partial charge in [-0.3, -0.25) is 14.4 Å². The van der Waals surface area contributed by atoms with Crippen LogP contribution >= 0.6 is 0 Å². The summed E-state index contributed by atoms with van der Waals surface area (Å²) in [5.41, 5.74) is 0.157. The molecule has 1 aliphatic rings. The lowest BCUT2D eigenvalue weighted by Crippen LogP contribution is -2.38. The molecular formula is C16H19FN2O4. The second kappa shape index (κ2) is 6.76. The van der Waals surface area contributed by atoms with Crippen molar-refractivity contribution in [3.05, 3.63) is 29.6 Å². The van der Waals surface area contributed by atoms with E-state index in [0.29, 0.717) is 0 Å². The lowest BCUT2D eigenvalue weighted by molar-refractivity contribution is -0.141. The summed E-state index contributed by atoms with van der Waals surface area (Å²) in [7, 11) is 0. The van der Waals surface area contributed by atoms with Gasteiger partial charge < -0.3 is 15.3 Å². The van der Waals surface area contributed by atoms with Gasteiger partial charge in [0.25, 0.3) is 5.91 Å². The monoisotopic (exact) mass is 322 g/mol. The van der Waals surface area contributed by atoms with E-state index in [1.807, 2.05) is 0 Å². The summed E-state index contributed by atoms with van der Waals surface area (Å²) in [5, 5.41) is 11.4. The van der Waals surface area contributed by atoms with Gasteiger partial charge in [0.1, 0.15) is 5.82 Å². The molecule has 1 unspecified atom stereocenters. The van der Waals surface area contributed by atoms with Crippen LogP contribution in [0.4, 0.5) is 10.1 Å². The Morgan fingerprint density at radius 1 is 1.39 bits per heavy atom. The number of carboxylic acid groups (broad SMARTS) is 1. The fraction of sp³-hybridized carbons (Fsp3) is 0.438. The Morgan fingerprint density at radius 2 is 2.04 bits per heavy atom. The molecule has 7 heteroatoms. The summed E-state index contributed by atoms with van der Waals surface area (Å²) >= 11 is 0. The van der Waals surface area contributed by atoms with E-state index < -0.39 is 23.6 Å². The Balaban J connectivity index is 2.22. The number of rotatable bonds is 6. The third-order valence-electron chi connectivity index (χ3n) is 3.66. The van der Waals surface area contributed by atoms with Crippen LogP contribution < -0.4 is 5.32 Å². The average Bonchev–Trinajstić information content (AvgIpc) is 3.30. The number of nitrogens with zero attached hydrogens (tertiary/aromatic N) is 1. The molecule has 0 saturated heterocycles. The van der Waals surface area contributed by atoms with Crippen molar-refractivity contribution in [1.82, 2.24) is 4.90 Å². The lowest BCUT2D eigenvalue weighted by Gasteiger charge is -2.24. The number of halogens is 1. The topological polar surface area (TPSA) is 86.7 Å². The van der Waals surface area contributed by atoms with Crippen LogP contribution in [-0.4, -0.2) is 40.4 Å². The van der Waals surface area contributed by atoms with Gasteiger partial charge in [0.2, 0.25) is 5.91 Å². The summed E-state index contributed by atoms with van der Waals surface area (Å²) in [6, 6.07) is 3.76. The number of anilines is 1. The molecule has 0 radical (unpaired) electrons. The normalized spacial score (nSPS) is 14.9. The third-order valence-corrected chi connectivity index (χ3v) is 3.66. The first-order valence-corrected chi connectivity index (χ1v) is 7.40. The summed E-state index contributed by atoms with van der Waals surface area (Å²) in [6.45, 7) is 2.89. The van der Waals surface area contributed by atoms with Crippen LogP contribution in [0, 0.1) is 11.7 Å². The molecule has 1 atom stereocenters. The van der Waals surface area contributed by atoms with Gasteiger partial charge in [-0.25, -0.2) is 4.39 Å². The van der Waals surface area contributed by atoms with Crippen LogP contribution in [0.15, 0.2) is 18.2 Å². The van der Waals surface area contributed by atoms with E-state index in [0.717, 1.165) is 18.9 Å². The minimum absolute atomic E-state index is 0.0265. The minimum Gasteiger partial charge on any atom is -0.481 e. The number of hydrogen-bond acceptors (Lipinski definition) is 3. The number of hydrogen-bond donors (Lipinski definition) is 2. The van der Waals surface area contributed by atoms with Crippen LogP contribution in [0.3, 0.4) is 0 Å². The Bertz CT molecular complexity index is 643. The second-order valence-corrected chi connectivity index (χ2v) is 5.80. The average molecular weight is 322 g/mol. The van der Waals surface area contributed by atoms with Crippen molar-refractivity contribution in [2.75, 3.05) is 11.9 Å². The van der Waals surface area contributed by atoms with Gasteiger partial charge in [0, 0.05) is 25.1 Å². The number of nitrogens with one attached hydrogen (secondary N) is 1. The molecule has 1 aromatic carbocycles. The zero-order valence-electron chi connectivity index (χ0n) is 13.0. The summed E-state index contributed by atoms with van der Waals surface area (Å²) < 4.78 is 13.7. The van der Waals surface area contributed by atoms with Crippen LogP contribution in [0.1, 0.15) is 37.0 Å². The quantitative estimate of drug-likeness (QED) is 0.840. The highest BCUT2D eigenvalue weighted by Crippen LogP contribution is 2.30. The Hall–Kier alpha value is -2.44. The zero-order chi connectivity index (χ0) is 17.1.